The fourth-order valence-electron chi connectivity index (χ4n) is 1.38. The van der Waals surface area contributed by atoms with Crippen LogP contribution in [0.25, 0.3) is 0 Å². The fourth-order valence-corrected chi connectivity index (χ4v) is 1.38. The van der Waals surface area contributed by atoms with Crippen LogP contribution in [0.15, 0.2) is 0 Å². The Hall–Kier alpha value is -0.650. The van der Waals surface area contributed by atoms with Gasteiger partial charge >= 0.3 is 5.97 Å². The van der Waals surface area contributed by atoms with E-state index in [0.717, 1.165) is 12.8 Å². The number of rotatable bonds is 5. The van der Waals surface area contributed by atoms with E-state index in [-0.39, 0.29) is 19.3 Å². The number of aliphatic hydroxyl groups is 1. The van der Waals surface area contributed by atoms with Gasteiger partial charge in [-0.25, -0.2) is 4.79 Å². The first-order valence-corrected chi connectivity index (χ1v) is 5.28. The number of carbonyl (C=O) groups excluding carboxylic acids is 1. The molecule has 0 aliphatic carbocycles. The van der Waals surface area contributed by atoms with E-state index in [1.165, 1.54) is 0 Å². The van der Waals surface area contributed by atoms with Crippen molar-refractivity contribution in [3.8, 4) is 0 Å². The minimum absolute atomic E-state index is 0.00347. The zero-order chi connectivity index (χ0) is 11.1. The first-order chi connectivity index (χ1) is 7.24. The third-order valence-corrected chi connectivity index (χ3v) is 2.22. The van der Waals surface area contributed by atoms with Crippen LogP contribution in [0.1, 0.15) is 19.8 Å². The molecule has 1 rings (SSSR count). The van der Waals surface area contributed by atoms with E-state index < -0.39 is 12.1 Å². The van der Waals surface area contributed by atoms with Gasteiger partial charge in [0, 0.05) is 13.2 Å². The molecule has 0 aromatic heterocycles. The molecule has 0 aromatic carbocycles. The van der Waals surface area contributed by atoms with Crippen LogP contribution in [-0.2, 0) is 19.0 Å². The number of esters is 1. The van der Waals surface area contributed by atoms with Crippen molar-refractivity contribution in [3.05, 3.63) is 0 Å². The zero-order valence-corrected chi connectivity index (χ0v) is 8.98. The lowest BCUT2D eigenvalue weighted by atomic mass is 10.1. The molecule has 0 aromatic rings. The van der Waals surface area contributed by atoms with Crippen molar-refractivity contribution in [2.45, 2.75) is 32.0 Å². The molecular formula is C10H18O5. The van der Waals surface area contributed by atoms with Gasteiger partial charge in [-0.1, -0.05) is 0 Å². The predicted molar refractivity (Wildman–Crippen MR) is 52.4 cm³/mol. The molecule has 88 valence electrons. The summed E-state index contributed by atoms with van der Waals surface area (Å²) in [6.07, 6.45) is 0.543. The van der Waals surface area contributed by atoms with E-state index in [2.05, 4.69) is 4.74 Å². The standard InChI is InChI=1S/C10H18O5/c1-2-14-10(12)9(11)7-15-8-3-5-13-6-4-8/h8-9,11H,2-7H2,1H3/t9-/m1/s1. The highest BCUT2D eigenvalue weighted by atomic mass is 16.6. The Morgan fingerprint density at radius 1 is 1.53 bits per heavy atom. The molecule has 0 bridgehead atoms. The maximum atomic E-state index is 11.0. The minimum Gasteiger partial charge on any atom is -0.464 e. The van der Waals surface area contributed by atoms with E-state index in [1.54, 1.807) is 6.92 Å². The summed E-state index contributed by atoms with van der Waals surface area (Å²) in [4.78, 5) is 11.0. The molecule has 0 unspecified atom stereocenters. The van der Waals surface area contributed by atoms with Crippen LogP contribution in [0.3, 0.4) is 0 Å². The molecule has 5 heteroatoms. The molecule has 0 spiro atoms. The van der Waals surface area contributed by atoms with Crippen LogP contribution in [0.2, 0.25) is 0 Å². The molecule has 1 heterocycles. The van der Waals surface area contributed by atoms with Crippen molar-refractivity contribution in [2.24, 2.45) is 0 Å². The zero-order valence-electron chi connectivity index (χ0n) is 8.98. The van der Waals surface area contributed by atoms with Gasteiger partial charge in [0.15, 0.2) is 6.10 Å². The number of ether oxygens (including phenoxy) is 3. The lowest BCUT2D eigenvalue weighted by molar-refractivity contribution is -0.158. The molecule has 0 saturated carbocycles. The van der Waals surface area contributed by atoms with Gasteiger partial charge in [-0.05, 0) is 19.8 Å². The number of aliphatic hydroxyl groups excluding tert-OH is 1. The van der Waals surface area contributed by atoms with Crippen LogP contribution in [-0.4, -0.2) is 49.7 Å². The summed E-state index contributed by atoms with van der Waals surface area (Å²) in [6.45, 7) is 3.33. The Kier molecular flexibility index (Phi) is 5.60. The van der Waals surface area contributed by atoms with Crippen molar-refractivity contribution < 1.29 is 24.1 Å². The quantitative estimate of drug-likeness (QED) is 0.663. The molecule has 1 atom stereocenters. The third-order valence-electron chi connectivity index (χ3n) is 2.22. The van der Waals surface area contributed by atoms with Gasteiger partial charge in [0.2, 0.25) is 0 Å². The summed E-state index contributed by atoms with van der Waals surface area (Å²) in [7, 11) is 0. The van der Waals surface area contributed by atoms with Crippen molar-refractivity contribution in [3.63, 3.8) is 0 Å². The van der Waals surface area contributed by atoms with Crippen LogP contribution in [0.4, 0.5) is 0 Å². The minimum atomic E-state index is -1.17. The number of hydrogen-bond donors (Lipinski definition) is 1. The first kappa shape index (κ1) is 12.4. The lowest BCUT2D eigenvalue weighted by Crippen LogP contribution is -2.32. The van der Waals surface area contributed by atoms with Gasteiger partial charge in [0.05, 0.1) is 19.3 Å². The fraction of sp³-hybridized carbons (Fsp3) is 0.900. The van der Waals surface area contributed by atoms with Crippen molar-refractivity contribution in [1.82, 2.24) is 0 Å². The molecule has 0 radical (unpaired) electrons. The molecule has 1 N–H and O–H groups in total. The third kappa shape index (κ3) is 4.59. The summed E-state index contributed by atoms with van der Waals surface area (Å²) in [6, 6.07) is 0. The first-order valence-electron chi connectivity index (χ1n) is 5.28. The Morgan fingerprint density at radius 2 is 2.20 bits per heavy atom. The predicted octanol–water partition coefficient (Wildman–Crippen LogP) is 0.106. The maximum Gasteiger partial charge on any atom is 0.337 e. The van der Waals surface area contributed by atoms with Gasteiger partial charge in [-0.2, -0.15) is 0 Å². The smallest absolute Gasteiger partial charge is 0.337 e. The van der Waals surface area contributed by atoms with Crippen molar-refractivity contribution in [2.75, 3.05) is 26.4 Å². The lowest BCUT2D eigenvalue weighted by Gasteiger charge is -2.23. The molecule has 1 saturated heterocycles. The molecule has 1 aliphatic rings. The topological polar surface area (TPSA) is 65.0 Å². The van der Waals surface area contributed by atoms with Crippen molar-refractivity contribution >= 4 is 5.97 Å². The normalized spacial score (nSPS) is 19.9. The molecule has 5 nitrogen and oxygen atoms in total. The Labute approximate surface area is 89.3 Å². The van der Waals surface area contributed by atoms with Gasteiger partial charge in [-0.3, -0.25) is 0 Å². The summed E-state index contributed by atoms with van der Waals surface area (Å²) < 4.78 is 15.2. The summed E-state index contributed by atoms with van der Waals surface area (Å²) >= 11 is 0. The Morgan fingerprint density at radius 3 is 2.80 bits per heavy atom. The molecule has 1 aliphatic heterocycles. The molecule has 15 heavy (non-hydrogen) atoms. The molecule has 1 fully saturated rings. The van der Waals surface area contributed by atoms with Crippen LogP contribution in [0.5, 0.6) is 0 Å². The summed E-state index contributed by atoms with van der Waals surface area (Å²) in [5.41, 5.74) is 0. The molecular weight excluding hydrogens is 200 g/mol. The second-order valence-electron chi connectivity index (χ2n) is 3.41. The van der Waals surface area contributed by atoms with E-state index in [4.69, 9.17) is 9.47 Å². The van der Waals surface area contributed by atoms with Gasteiger partial charge < -0.3 is 19.3 Å². The maximum absolute atomic E-state index is 11.0. The van der Waals surface area contributed by atoms with Crippen LogP contribution in [0, 0.1) is 0 Å². The highest BCUT2D eigenvalue weighted by Crippen LogP contribution is 2.10. The van der Waals surface area contributed by atoms with Gasteiger partial charge in [0.25, 0.3) is 0 Å². The average Bonchev–Trinajstić information content (AvgIpc) is 2.27. The highest BCUT2D eigenvalue weighted by molar-refractivity contribution is 5.74. The molecule has 0 amide bonds. The Bertz CT molecular complexity index is 188. The monoisotopic (exact) mass is 218 g/mol. The van der Waals surface area contributed by atoms with Crippen LogP contribution >= 0.6 is 0 Å². The van der Waals surface area contributed by atoms with E-state index >= 15 is 0 Å². The Balaban J connectivity index is 2.14. The largest absolute Gasteiger partial charge is 0.464 e. The van der Waals surface area contributed by atoms with E-state index in [0.29, 0.717) is 13.2 Å². The van der Waals surface area contributed by atoms with Gasteiger partial charge in [0.1, 0.15) is 0 Å². The van der Waals surface area contributed by atoms with Gasteiger partial charge in [-0.15, -0.1) is 0 Å². The number of hydrogen-bond acceptors (Lipinski definition) is 5. The second-order valence-corrected chi connectivity index (χ2v) is 3.41. The summed E-state index contributed by atoms with van der Waals surface area (Å²) in [5, 5.41) is 9.35. The average molecular weight is 218 g/mol. The van der Waals surface area contributed by atoms with Crippen molar-refractivity contribution in [1.29, 1.82) is 0 Å². The number of carbonyl (C=O) groups is 1. The highest BCUT2D eigenvalue weighted by Gasteiger charge is 2.20. The van der Waals surface area contributed by atoms with E-state index in [9.17, 15) is 9.90 Å². The van der Waals surface area contributed by atoms with Crippen LogP contribution < -0.4 is 0 Å². The second kappa shape index (κ2) is 6.76. The van der Waals surface area contributed by atoms with E-state index in [1.807, 2.05) is 0 Å². The SMILES string of the molecule is CCOC(=O)[C@H](O)COC1CCOCC1. The summed E-state index contributed by atoms with van der Waals surface area (Å²) in [5.74, 6) is -0.621.